The van der Waals surface area contributed by atoms with Crippen molar-refractivity contribution >= 4 is 29.2 Å². The quantitative estimate of drug-likeness (QED) is 0.302. The van der Waals surface area contributed by atoms with Crippen LogP contribution in [0.2, 0.25) is 0 Å². The highest BCUT2D eigenvalue weighted by molar-refractivity contribution is 6.05. The highest BCUT2D eigenvalue weighted by Crippen LogP contribution is 2.26. The molecule has 6 N–H and O–H groups in total. The van der Waals surface area contributed by atoms with Gasteiger partial charge < -0.3 is 21.5 Å². The predicted molar refractivity (Wildman–Crippen MR) is 118 cm³/mol. The summed E-state index contributed by atoms with van der Waals surface area (Å²) in [7, 11) is 0. The summed E-state index contributed by atoms with van der Waals surface area (Å²) >= 11 is 0. The topological polar surface area (TPSA) is 128 Å². The number of anilines is 2. The van der Waals surface area contributed by atoms with Gasteiger partial charge in [0.1, 0.15) is 0 Å². The van der Waals surface area contributed by atoms with Gasteiger partial charge >= 0.3 is 5.97 Å². The first-order chi connectivity index (χ1) is 14.4. The van der Waals surface area contributed by atoms with Gasteiger partial charge in [-0.1, -0.05) is 42.5 Å². The fraction of sp³-hybridized carbons (Fsp3) is 0.0870. The molecule has 3 aromatic rings. The van der Waals surface area contributed by atoms with E-state index in [1.807, 2.05) is 36.4 Å². The summed E-state index contributed by atoms with van der Waals surface area (Å²) in [5, 5.41) is 21.7. The third kappa shape index (κ3) is 5.45. The van der Waals surface area contributed by atoms with Crippen molar-refractivity contribution < 1.29 is 14.7 Å². The Morgan fingerprint density at radius 3 is 2.33 bits per heavy atom. The average molecular weight is 402 g/mol. The minimum Gasteiger partial charge on any atom is -0.481 e. The van der Waals surface area contributed by atoms with Gasteiger partial charge in [0.2, 0.25) is 0 Å². The van der Waals surface area contributed by atoms with Crippen LogP contribution in [0.1, 0.15) is 22.3 Å². The van der Waals surface area contributed by atoms with E-state index in [1.54, 1.807) is 36.4 Å². The summed E-state index contributed by atoms with van der Waals surface area (Å²) < 4.78 is 0. The molecule has 0 bridgehead atoms. The van der Waals surface area contributed by atoms with E-state index in [0.29, 0.717) is 23.4 Å². The van der Waals surface area contributed by atoms with Crippen LogP contribution in [0.3, 0.4) is 0 Å². The van der Waals surface area contributed by atoms with Crippen molar-refractivity contribution in [2.24, 2.45) is 5.73 Å². The molecule has 0 spiro atoms. The lowest BCUT2D eigenvalue weighted by atomic mass is 9.96. The summed E-state index contributed by atoms with van der Waals surface area (Å²) in [6.07, 6.45) is 0.525. The van der Waals surface area contributed by atoms with Crippen molar-refractivity contribution in [3.05, 3.63) is 83.9 Å². The molecule has 3 rings (SSSR count). The highest BCUT2D eigenvalue weighted by Gasteiger charge is 2.09. The van der Waals surface area contributed by atoms with E-state index >= 15 is 0 Å². The molecule has 0 saturated carbocycles. The number of hydrogen-bond donors (Lipinski definition) is 5. The number of aryl methyl sites for hydroxylation is 1. The van der Waals surface area contributed by atoms with Crippen LogP contribution < -0.4 is 16.4 Å². The molecule has 1 amide bonds. The summed E-state index contributed by atoms with van der Waals surface area (Å²) in [5.41, 5.74) is 9.83. The molecule has 3 aromatic carbocycles. The average Bonchev–Trinajstić information content (AvgIpc) is 2.73. The number of carbonyl (C=O) groups is 2. The molecule has 0 aliphatic carbocycles. The van der Waals surface area contributed by atoms with Crippen LogP contribution in [0.5, 0.6) is 0 Å². The summed E-state index contributed by atoms with van der Waals surface area (Å²) in [5.74, 6) is -1.31. The fourth-order valence-corrected chi connectivity index (χ4v) is 3.09. The number of nitrogens with two attached hydrogens (primary N) is 1. The normalized spacial score (nSPS) is 10.3. The van der Waals surface area contributed by atoms with Gasteiger partial charge in [-0.25, -0.2) is 0 Å². The number of carboxylic acids is 1. The largest absolute Gasteiger partial charge is 0.481 e. The maximum atomic E-state index is 12.5. The van der Waals surface area contributed by atoms with E-state index in [4.69, 9.17) is 16.2 Å². The van der Waals surface area contributed by atoms with E-state index in [2.05, 4.69) is 10.6 Å². The molecule has 0 aliphatic rings. The smallest absolute Gasteiger partial charge is 0.303 e. The monoisotopic (exact) mass is 402 g/mol. The van der Waals surface area contributed by atoms with Gasteiger partial charge in [-0.3, -0.25) is 15.0 Å². The zero-order chi connectivity index (χ0) is 21.5. The molecule has 7 nitrogen and oxygen atoms in total. The molecule has 30 heavy (non-hydrogen) atoms. The molecule has 0 aromatic heterocycles. The number of amides is 1. The summed E-state index contributed by atoms with van der Waals surface area (Å²) in [6.45, 7) is 0. The maximum Gasteiger partial charge on any atom is 0.303 e. The zero-order valence-electron chi connectivity index (χ0n) is 16.2. The van der Waals surface area contributed by atoms with Crippen molar-refractivity contribution in [1.29, 1.82) is 5.41 Å². The number of guanidine groups is 1. The predicted octanol–water partition coefficient (Wildman–Crippen LogP) is 3.93. The molecule has 0 heterocycles. The van der Waals surface area contributed by atoms with Crippen molar-refractivity contribution in [3.63, 3.8) is 0 Å². The molecule has 0 unspecified atom stereocenters. The first-order valence-electron chi connectivity index (χ1n) is 9.35. The second-order valence-electron chi connectivity index (χ2n) is 6.70. The lowest BCUT2D eigenvalue weighted by molar-refractivity contribution is -0.136. The molecular weight excluding hydrogens is 380 g/mol. The highest BCUT2D eigenvalue weighted by atomic mass is 16.4. The minimum absolute atomic E-state index is 0.0721. The van der Waals surface area contributed by atoms with Crippen LogP contribution in [0, 0.1) is 5.41 Å². The van der Waals surface area contributed by atoms with Crippen molar-refractivity contribution in [3.8, 4) is 11.1 Å². The van der Waals surface area contributed by atoms with Crippen molar-refractivity contribution in [1.82, 2.24) is 0 Å². The molecule has 0 aliphatic heterocycles. The van der Waals surface area contributed by atoms with Crippen molar-refractivity contribution in [2.45, 2.75) is 12.8 Å². The molecule has 0 saturated heterocycles. The van der Waals surface area contributed by atoms with E-state index < -0.39 is 5.97 Å². The Hall–Kier alpha value is -4.13. The Labute approximate surface area is 174 Å². The number of carbonyl (C=O) groups excluding carboxylic acids is 1. The third-order valence-corrected chi connectivity index (χ3v) is 4.48. The number of hydrogen-bond acceptors (Lipinski definition) is 3. The molecule has 0 radical (unpaired) electrons. The van der Waals surface area contributed by atoms with E-state index in [0.717, 1.165) is 16.7 Å². The van der Waals surface area contributed by atoms with E-state index in [1.165, 1.54) is 0 Å². The van der Waals surface area contributed by atoms with E-state index in [-0.39, 0.29) is 18.3 Å². The number of benzene rings is 3. The lowest BCUT2D eigenvalue weighted by Crippen LogP contribution is -2.20. The molecule has 7 heteroatoms. The fourth-order valence-electron chi connectivity index (χ4n) is 3.09. The van der Waals surface area contributed by atoms with Gasteiger partial charge in [-0.15, -0.1) is 0 Å². The van der Waals surface area contributed by atoms with Gasteiger partial charge in [-0.05, 0) is 53.4 Å². The van der Waals surface area contributed by atoms with Crippen LogP contribution in [-0.2, 0) is 11.2 Å². The number of rotatable bonds is 7. The van der Waals surface area contributed by atoms with Crippen LogP contribution in [-0.4, -0.2) is 22.9 Å². The Bertz CT molecular complexity index is 1080. The lowest BCUT2D eigenvalue weighted by Gasteiger charge is -2.11. The molecule has 152 valence electrons. The second kappa shape index (κ2) is 9.38. The Morgan fingerprint density at radius 2 is 1.63 bits per heavy atom. The van der Waals surface area contributed by atoms with Crippen LogP contribution in [0.4, 0.5) is 11.4 Å². The maximum absolute atomic E-state index is 12.5. The minimum atomic E-state index is -0.828. The van der Waals surface area contributed by atoms with Gasteiger partial charge in [0.15, 0.2) is 5.96 Å². The molecule has 0 fully saturated rings. The van der Waals surface area contributed by atoms with Gasteiger partial charge in [0.25, 0.3) is 5.91 Å². The van der Waals surface area contributed by atoms with Crippen molar-refractivity contribution in [2.75, 3.05) is 10.6 Å². The summed E-state index contributed by atoms with van der Waals surface area (Å²) in [4.78, 5) is 23.4. The van der Waals surface area contributed by atoms with Crippen LogP contribution in [0.25, 0.3) is 11.1 Å². The summed E-state index contributed by atoms with van der Waals surface area (Å²) in [6, 6.07) is 21.8. The molecular formula is C23H22N4O3. The van der Waals surface area contributed by atoms with Crippen LogP contribution >= 0.6 is 0 Å². The second-order valence-corrected chi connectivity index (χ2v) is 6.70. The first-order valence-corrected chi connectivity index (χ1v) is 9.35. The zero-order valence-corrected chi connectivity index (χ0v) is 16.2. The molecule has 0 atom stereocenters. The standard InChI is InChI=1S/C23H22N4O3/c24-23(25)27-19-6-3-5-17(14-19)22(30)26-18-11-8-16(9-12-18)20-7-2-1-4-15(20)10-13-21(28)29/h1-9,11-12,14H,10,13H2,(H,26,30)(H,28,29)(H4,24,25,27). The Morgan fingerprint density at radius 1 is 0.900 bits per heavy atom. The van der Waals surface area contributed by atoms with Gasteiger partial charge in [0.05, 0.1) is 0 Å². The van der Waals surface area contributed by atoms with Crippen LogP contribution in [0.15, 0.2) is 72.8 Å². The Balaban J connectivity index is 1.73. The Kier molecular flexibility index (Phi) is 6.44. The van der Waals surface area contributed by atoms with Gasteiger partial charge in [-0.2, -0.15) is 0 Å². The number of carboxylic acid groups (broad SMARTS) is 1. The van der Waals surface area contributed by atoms with E-state index in [9.17, 15) is 9.59 Å². The SMILES string of the molecule is N=C(N)Nc1cccc(C(=O)Nc2ccc(-c3ccccc3CCC(=O)O)cc2)c1. The number of nitrogens with one attached hydrogen (secondary N) is 3. The first kappa shape index (κ1) is 20.6. The third-order valence-electron chi connectivity index (χ3n) is 4.48. The number of aliphatic carboxylic acids is 1. The van der Waals surface area contributed by atoms with Gasteiger partial charge in [0, 0.05) is 23.4 Å².